The first-order chi connectivity index (χ1) is 6.74. The summed E-state index contributed by atoms with van der Waals surface area (Å²) in [6, 6.07) is 5.48. The SMILES string of the molecule is N#C/C(=C\Nc1cccnc1)C(N)=S. The number of anilines is 1. The Bertz CT molecular complexity index is 391. The summed E-state index contributed by atoms with van der Waals surface area (Å²) < 4.78 is 0. The van der Waals surface area contributed by atoms with Crippen molar-refractivity contribution in [1.82, 2.24) is 4.98 Å². The summed E-state index contributed by atoms with van der Waals surface area (Å²) in [5.41, 5.74) is 6.31. The number of nitrogens with one attached hydrogen (secondary N) is 1. The number of hydrogen-bond acceptors (Lipinski definition) is 4. The molecule has 0 aromatic carbocycles. The lowest BCUT2D eigenvalue weighted by atomic mass is 10.3. The maximum atomic E-state index is 8.63. The van der Waals surface area contributed by atoms with Gasteiger partial charge in [-0.1, -0.05) is 12.2 Å². The highest BCUT2D eigenvalue weighted by Gasteiger charge is 1.97. The van der Waals surface area contributed by atoms with E-state index in [1.165, 1.54) is 6.20 Å². The van der Waals surface area contributed by atoms with Gasteiger partial charge >= 0.3 is 0 Å². The van der Waals surface area contributed by atoms with E-state index in [0.717, 1.165) is 5.69 Å². The lowest BCUT2D eigenvalue weighted by Gasteiger charge is -1.99. The molecule has 0 spiro atoms. The van der Waals surface area contributed by atoms with E-state index in [2.05, 4.69) is 22.5 Å². The van der Waals surface area contributed by atoms with Crippen LogP contribution in [0.5, 0.6) is 0 Å². The van der Waals surface area contributed by atoms with Crippen molar-refractivity contribution in [2.45, 2.75) is 0 Å². The molecular formula is C9H8N4S. The Kier molecular flexibility index (Phi) is 3.58. The second kappa shape index (κ2) is 4.94. The lowest BCUT2D eigenvalue weighted by molar-refractivity contribution is 1.32. The molecule has 0 bridgehead atoms. The zero-order chi connectivity index (χ0) is 10.4. The second-order valence-corrected chi connectivity index (χ2v) is 2.86. The van der Waals surface area contributed by atoms with E-state index >= 15 is 0 Å². The lowest BCUT2D eigenvalue weighted by Crippen LogP contribution is -2.11. The van der Waals surface area contributed by atoms with Crippen LogP contribution in [0.25, 0.3) is 0 Å². The van der Waals surface area contributed by atoms with E-state index in [0.29, 0.717) is 0 Å². The standard InChI is InChI=1S/C9H8N4S/c10-4-7(9(11)14)5-13-8-2-1-3-12-6-8/h1-3,5-6,13H,(H2,11,14)/b7-5+. The molecule has 1 aromatic rings. The molecule has 0 aliphatic rings. The number of pyridine rings is 1. The van der Waals surface area contributed by atoms with Crippen LogP contribution < -0.4 is 11.1 Å². The molecule has 4 nitrogen and oxygen atoms in total. The number of thiocarbonyl (C=S) groups is 1. The van der Waals surface area contributed by atoms with Gasteiger partial charge in [-0.25, -0.2) is 0 Å². The number of nitrogens with two attached hydrogens (primary N) is 1. The molecule has 1 rings (SSSR count). The van der Waals surface area contributed by atoms with Gasteiger partial charge in [0.05, 0.1) is 11.9 Å². The summed E-state index contributed by atoms with van der Waals surface area (Å²) in [5, 5.41) is 11.5. The number of nitrogens with zero attached hydrogens (tertiary/aromatic N) is 2. The Morgan fingerprint density at radius 3 is 3.00 bits per heavy atom. The highest BCUT2D eigenvalue weighted by molar-refractivity contribution is 7.80. The number of nitriles is 1. The van der Waals surface area contributed by atoms with Gasteiger partial charge in [-0.2, -0.15) is 5.26 Å². The van der Waals surface area contributed by atoms with E-state index in [1.807, 2.05) is 12.1 Å². The molecule has 0 amide bonds. The molecule has 70 valence electrons. The van der Waals surface area contributed by atoms with Crippen LogP contribution in [0.1, 0.15) is 0 Å². The van der Waals surface area contributed by atoms with Gasteiger partial charge in [0.1, 0.15) is 16.6 Å². The average Bonchev–Trinajstić information content (AvgIpc) is 2.20. The highest BCUT2D eigenvalue weighted by Crippen LogP contribution is 2.03. The second-order valence-electron chi connectivity index (χ2n) is 2.42. The minimum absolute atomic E-state index is 0.0730. The van der Waals surface area contributed by atoms with Gasteiger partial charge in [0.2, 0.25) is 0 Å². The fourth-order valence-corrected chi connectivity index (χ4v) is 0.867. The molecule has 1 aromatic heterocycles. The highest BCUT2D eigenvalue weighted by atomic mass is 32.1. The Balaban J connectivity index is 2.73. The van der Waals surface area contributed by atoms with Gasteiger partial charge in [0.15, 0.2) is 0 Å². The normalized spacial score (nSPS) is 10.4. The third kappa shape index (κ3) is 2.84. The molecule has 0 unspecified atom stereocenters. The third-order valence-electron chi connectivity index (χ3n) is 1.43. The largest absolute Gasteiger partial charge is 0.389 e. The molecule has 0 saturated carbocycles. The van der Waals surface area contributed by atoms with Crippen molar-refractivity contribution in [3.63, 3.8) is 0 Å². The van der Waals surface area contributed by atoms with Crippen LogP contribution in [0.4, 0.5) is 5.69 Å². The van der Waals surface area contributed by atoms with Crippen LogP contribution >= 0.6 is 12.2 Å². The van der Waals surface area contributed by atoms with E-state index < -0.39 is 0 Å². The zero-order valence-electron chi connectivity index (χ0n) is 7.27. The maximum Gasteiger partial charge on any atom is 0.116 e. The molecule has 0 atom stereocenters. The summed E-state index contributed by atoms with van der Waals surface area (Å²) >= 11 is 4.66. The van der Waals surface area contributed by atoms with Crippen LogP contribution in [0.15, 0.2) is 36.3 Å². The predicted octanol–water partition coefficient (Wildman–Crippen LogP) is 1.19. The zero-order valence-corrected chi connectivity index (χ0v) is 8.08. The van der Waals surface area contributed by atoms with Crippen LogP contribution in [0.2, 0.25) is 0 Å². The van der Waals surface area contributed by atoms with Crippen molar-refractivity contribution in [3.05, 3.63) is 36.3 Å². The van der Waals surface area contributed by atoms with Crippen LogP contribution in [0, 0.1) is 11.3 Å². The van der Waals surface area contributed by atoms with Crippen LogP contribution in [-0.2, 0) is 0 Å². The van der Waals surface area contributed by atoms with E-state index in [4.69, 9.17) is 11.0 Å². The summed E-state index contributed by atoms with van der Waals surface area (Å²) in [6.45, 7) is 0. The Labute approximate surface area is 87.1 Å². The molecular weight excluding hydrogens is 196 g/mol. The number of rotatable bonds is 3. The molecule has 3 N–H and O–H groups in total. The van der Waals surface area contributed by atoms with E-state index in [1.54, 1.807) is 18.5 Å². The van der Waals surface area contributed by atoms with Gasteiger partial charge < -0.3 is 11.1 Å². The Hall–Kier alpha value is -1.93. The van der Waals surface area contributed by atoms with Crippen LogP contribution in [-0.4, -0.2) is 9.97 Å². The molecule has 0 radical (unpaired) electrons. The van der Waals surface area contributed by atoms with Gasteiger partial charge in [0.25, 0.3) is 0 Å². The molecule has 0 aliphatic heterocycles. The van der Waals surface area contributed by atoms with Gasteiger partial charge in [-0.15, -0.1) is 0 Å². The van der Waals surface area contributed by atoms with Gasteiger partial charge in [0, 0.05) is 12.4 Å². The van der Waals surface area contributed by atoms with Crippen molar-refractivity contribution < 1.29 is 0 Å². The van der Waals surface area contributed by atoms with Gasteiger partial charge in [-0.05, 0) is 12.1 Å². The van der Waals surface area contributed by atoms with Crippen molar-refractivity contribution in [3.8, 4) is 6.07 Å². The number of aromatic nitrogens is 1. The van der Waals surface area contributed by atoms with Gasteiger partial charge in [-0.3, -0.25) is 4.98 Å². The van der Waals surface area contributed by atoms with Crippen molar-refractivity contribution in [1.29, 1.82) is 5.26 Å². The topological polar surface area (TPSA) is 74.7 Å². The molecule has 0 fully saturated rings. The smallest absolute Gasteiger partial charge is 0.116 e. The fourth-order valence-electron chi connectivity index (χ4n) is 0.762. The maximum absolute atomic E-state index is 8.63. The summed E-state index contributed by atoms with van der Waals surface area (Å²) in [5.74, 6) is 0. The minimum atomic E-state index is 0.0730. The summed E-state index contributed by atoms with van der Waals surface area (Å²) in [6.07, 6.45) is 4.75. The van der Waals surface area contributed by atoms with Crippen molar-refractivity contribution in [2.75, 3.05) is 5.32 Å². The molecule has 14 heavy (non-hydrogen) atoms. The average molecular weight is 204 g/mol. The summed E-state index contributed by atoms with van der Waals surface area (Å²) in [7, 11) is 0. The fraction of sp³-hybridized carbons (Fsp3) is 0. The molecule has 0 aliphatic carbocycles. The van der Waals surface area contributed by atoms with Crippen molar-refractivity contribution in [2.24, 2.45) is 5.73 Å². The first kappa shape index (κ1) is 10.2. The van der Waals surface area contributed by atoms with Crippen LogP contribution in [0.3, 0.4) is 0 Å². The Morgan fingerprint density at radius 2 is 2.50 bits per heavy atom. The first-order valence-electron chi connectivity index (χ1n) is 3.80. The quantitative estimate of drug-likeness (QED) is 0.439. The van der Waals surface area contributed by atoms with E-state index in [-0.39, 0.29) is 10.6 Å². The first-order valence-corrected chi connectivity index (χ1v) is 4.21. The minimum Gasteiger partial charge on any atom is -0.389 e. The third-order valence-corrected chi connectivity index (χ3v) is 1.65. The summed E-state index contributed by atoms with van der Waals surface area (Å²) in [4.78, 5) is 3.97. The monoisotopic (exact) mass is 204 g/mol. The Morgan fingerprint density at radius 1 is 1.71 bits per heavy atom. The van der Waals surface area contributed by atoms with Crippen molar-refractivity contribution >= 4 is 22.9 Å². The predicted molar refractivity (Wildman–Crippen MR) is 58.3 cm³/mol. The van der Waals surface area contributed by atoms with E-state index in [9.17, 15) is 0 Å². The molecule has 1 heterocycles. The number of hydrogen-bond donors (Lipinski definition) is 2. The molecule has 0 saturated heterocycles. The molecule has 5 heteroatoms.